The Hall–Kier alpha value is -3.12. The molecule has 1 aliphatic rings. The maximum Gasteiger partial charge on any atom is 0.313 e. The highest BCUT2D eigenvalue weighted by molar-refractivity contribution is 6.39. The van der Waals surface area contributed by atoms with Crippen LogP contribution >= 0.6 is 0 Å². The number of fused-ring (bicyclic) bond motifs is 1. The number of aromatic nitrogens is 1. The number of pyridine rings is 1. The lowest BCUT2D eigenvalue weighted by molar-refractivity contribution is -0.144. The molecule has 0 aliphatic carbocycles. The highest BCUT2D eigenvalue weighted by Gasteiger charge is 2.26. The molecule has 1 fully saturated rings. The van der Waals surface area contributed by atoms with Gasteiger partial charge in [-0.15, -0.1) is 0 Å². The fraction of sp³-hybridized carbons (Fsp3) is 0.273. The predicted octanol–water partition coefficient (Wildman–Crippen LogP) is 2.53. The van der Waals surface area contributed by atoms with Crippen LogP contribution in [0.15, 0.2) is 60.9 Å². The number of carbonyl (C=O) groups excluding carboxylic acids is 2. The van der Waals surface area contributed by atoms with Gasteiger partial charge in [-0.2, -0.15) is 0 Å². The highest BCUT2D eigenvalue weighted by Crippen LogP contribution is 2.14. The summed E-state index contributed by atoms with van der Waals surface area (Å²) in [6.07, 6.45) is 3.79. The molecule has 0 atom stereocenters. The molecule has 1 aromatic carbocycles. The number of benzene rings is 1. The molecule has 0 unspecified atom stereocenters. The Bertz CT molecular complexity index is 985. The standard InChI is InChI=1S/C22H24N4O2/c1-17-4-6-18(7-5-17)16-24-11-13-26(14-12-24)22(28)21(27)23-19-8-10-25-9-2-3-20(25)15-19/h2-10,15H,11-14,16H2,1H3,(H,23,27). The number of carbonyl (C=O) groups is 2. The van der Waals surface area contributed by atoms with E-state index in [1.807, 2.05) is 35.0 Å². The Morgan fingerprint density at radius 3 is 2.46 bits per heavy atom. The van der Waals surface area contributed by atoms with Crippen LogP contribution in [0.2, 0.25) is 0 Å². The van der Waals surface area contributed by atoms with Gasteiger partial charge in [-0.25, -0.2) is 0 Å². The van der Waals surface area contributed by atoms with E-state index in [1.54, 1.807) is 11.0 Å². The molecular formula is C22H24N4O2. The van der Waals surface area contributed by atoms with E-state index in [0.29, 0.717) is 18.8 Å². The van der Waals surface area contributed by atoms with Crippen molar-refractivity contribution in [1.82, 2.24) is 14.2 Å². The molecule has 6 nitrogen and oxygen atoms in total. The number of hydrogen-bond acceptors (Lipinski definition) is 3. The quantitative estimate of drug-likeness (QED) is 0.715. The normalized spacial score (nSPS) is 15.0. The lowest BCUT2D eigenvalue weighted by Gasteiger charge is -2.34. The van der Waals surface area contributed by atoms with Gasteiger partial charge in [-0.3, -0.25) is 14.5 Å². The molecule has 1 aliphatic heterocycles. The van der Waals surface area contributed by atoms with Crippen LogP contribution in [0.25, 0.3) is 5.52 Å². The van der Waals surface area contributed by atoms with Crippen molar-refractivity contribution in [3.8, 4) is 0 Å². The van der Waals surface area contributed by atoms with Crippen LogP contribution in [0, 0.1) is 6.92 Å². The predicted molar refractivity (Wildman–Crippen MR) is 109 cm³/mol. The second-order valence-electron chi connectivity index (χ2n) is 7.26. The van der Waals surface area contributed by atoms with Crippen LogP contribution in [0.3, 0.4) is 0 Å². The van der Waals surface area contributed by atoms with Crippen LogP contribution in [-0.4, -0.2) is 52.2 Å². The van der Waals surface area contributed by atoms with E-state index in [4.69, 9.17) is 0 Å². The molecule has 0 radical (unpaired) electrons. The Morgan fingerprint density at radius 1 is 0.964 bits per heavy atom. The van der Waals surface area contributed by atoms with Gasteiger partial charge in [0.15, 0.2) is 0 Å². The number of piperazine rings is 1. The highest BCUT2D eigenvalue weighted by atomic mass is 16.2. The van der Waals surface area contributed by atoms with E-state index in [0.717, 1.165) is 25.2 Å². The van der Waals surface area contributed by atoms with E-state index in [2.05, 4.69) is 41.4 Å². The molecular weight excluding hydrogens is 352 g/mol. The molecule has 0 saturated carbocycles. The third-order valence-electron chi connectivity index (χ3n) is 5.17. The molecule has 2 aromatic heterocycles. The van der Waals surface area contributed by atoms with Crippen molar-refractivity contribution in [1.29, 1.82) is 0 Å². The van der Waals surface area contributed by atoms with Gasteiger partial charge in [0.1, 0.15) is 0 Å². The number of aryl methyl sites for hydroxylation is 1. The molecule has 3 aromatic rings. The summed E-state index contributed by atoms with van der Waals surface area (Å²) >= 11 is 0. The monoisotopic (exact) mass is 376 g/mol. The van der Waals surface area contributed by atoms with Crippen LogP contribution in [0.1, 0.15) is 11.1 Å². The summed E-state index contributed by atoms with van der Waals surface area (Å²) in [5, 5.41) is 2.72. The first-order valence-electron chi connectivity index (χ1n) is 9.53. The minimum absolute atomic E-state index is 0.467. The molecule has 0 bridgehead atoms. The first-order valence-corrected chi connectivity index (χ1v) is 9.53. The smallest absolute Gasteiger partial charge is 0.313 e. The minimum Gasteiger partial charge on any atom is -0.332 e. The Kier molecular flexibility index (Phi) is 5.12. The first-order chi connectivity index (χ1) is 13.6. The third kappa shape index (κ3) is 4.07. The van der Waals surface area contributed by atoms with Gasteiger partial charge in [0, 0.05) is 56.3 Å². The fourth-order valence-electron chi connectivity index (χ4n) is 3.50. The van der Waals surface area contributed by atoms with E-state index < -0.39 is 11.8 Å². The number of hydrogen-bond donors (Lipinski definition) is 1. The molecule has 2 amide bonds. The second-order valence-corrected chi connectivity index (χ2v) is 7.26. The SMILES string of the molecule is Cc1ccc(CN2CCN(C(=O)C(=O)Nc3ccn4cccc4c3)CC2)cc1. The van der Waals surface area contributed by atoms with Crippen LogP contribution < -0.4 is 5.32 Å². The zero-order valence-electron chi connectivity index (χ0n) is 16.0. The lowest BCUT2D eigenvalue weighted by atomic mass is 10.1. The van der Waals surface area contributed by atoms with Crippen LogP contribution in [0.4, 0.5) is 5.69 Å². The number of nitrogens with zero attached hydrogens (tertiary/aromatic N) is 3. The summed E-state index contributed by atoms with van der Waals surface area (Å²) in [5.74, 6) is -1.05. The molecule has 1 saturated heterocycles. The zero-order valence-corrected chi connectivity index (χ0v) is 16.0. The van der Waals surface area contributed by atoms with Gasteiger partial charge in [-0.1, -0.05) is 29.8 Å². The summed E-state index contributed by atoms with van der Waals surface area (Å²) in [5.41, 5.74) is 4.11. The first kappa shape index (κ1) is 18.3. The van der Waals surface area contributed by atoms with Gasteiger partial charge in [0.25, 0.3) is 0 Å². The molecule has 6 heteroatoms. The van der Waals surface area contributed by atoms with Crippen molar-refractivity contribution in [2.24, 2.45) is 0 Å². The molecule has 1 N–H and O–H groups in total. The summed E-state index contributed by atoms with van der Waals surface area (Å²) < 4.78 is 1.95. The van der Waals surface area contributed by atoms with Gasteiger partial charge >= 0.3 is 11.8 Å². The Labute approximate surface area is 164 Å². The van der Waals surface area contributed by atoms with Crippen molar-refractivity contribution in [2.75, 3.05) is 31.5 Å². The van der Waals surface area contributed by atoms with E-state index in [-0.39, 0.29) is 0 Å². The van der Waals surface area contributed by atoms with E-state index in [1.165, 1.54) is 11.1 Å². The van der Waals surface area contributed by atoms with Crippen molar-refractivity contribution in [2.45, 2.75) is 13.5 Å². The van der Waals surface area contributed by atoms with Gasteiger partial charge in [-0.05, 0) is 36.8 Å². The number of nitrogens with one attached hydrogen (secondary N) is 1. The average molecular weight is 376 g/mol. The third-order valence-corrected chi connectivity index (χ3v) is 5.17. The molecule has 4 rings (SSSR count). The van der Waals surface area contributed by atoms with Crippen molar-refractivity contribution in [3.63, 3.8) is 0 Å². The zero-order chi connectivity index (χ0) is 19.5. The van der Waals surface area contributed by atoms with Gasteiger partial charge in [0.05, 0.1) is 0 Å². The van der Waals surface area contributed by atoms with E-state index in [9.17, 15) is 9.59 Å². The number of anilines is 1. The van der Waals surface area contributed by atoms with E-state index >= 15 is 0 Å². The Morgan fingerprint density at radius 2 is 1.71 bits per heavy atom. The molecule has 28 heavy (non-hydrogen) atoms. The number of amides is 2. The number of rotatable bonds is 3. The van der Waals surface area contributed by atoms with Crippen molar-refractivity contribution >= 4 is 23.0 Å². The minimum atomic E-state index is -0.581. The van der Waals surface area contributed by atoms with Crippen molar-refractivity contribution < 1.29 is 9.59 Å². The average Bonchev–Trinajstić information content (AvgIpc) is 3.17. The summed E-state index contributed by atoms with van der Waals surface area (Å²) in [6.45, 7) is 5.61. The van der Waals surface area contributed by atoms with Gasteiger partial charge < -0.3 is 14.6 Å². The lowest BCUT2D eigenvalue weighted by Crippen LogP contribution is -2.51. The topological polar surface area (TPSA) is 57.1 Å². The molecule has 0 spiro atoms. The van der Waals surface area contributed by atoms with Crippen LogP contribution in [0.5, 0.6) is 0 Å². The fourth-order valence-corrected chi connectivity index (χ4v) is 3.50. The van der Waals surface area contributed by atoms with Crippen LogP contribution in [-0.2, 0) is 16.1 Å². The molecule has 144 valence electrons. The largest absolute Gasteiger partial charge is 0.332 e. The maximum absolute atomic E-state index is 12.5. The summed E-state index contributed by atoms with van der Waals surface area (Å²) in [6, 6.07) is 16.0. The van der Waals surface area contributed by atoms with Gasteiger partial charge in [0.2, 0.25) is 0 Å². The summed E-state index contributed by atoms with van der Waals surface area (Å²) in [4.78, 5) is 28.8. The van der Waals surface area contributed by atoms with Crippen molar-refractivity contribution in [3.05, 3.63) is 72.1 Å². The molecule has 3 heterocycles. The maximum atomic E-state index is 12.5. The second kappa shape index (κ2) is 7.86. The summed E-state index contributed by atoms with van der Waals surface area (Å²) in [7, 11) is 0. The Balaban J connectivity index is 1.30.